The highest BCUT2D eigenvalue weighted by atomic mass is 16.1. The summed E-state index contributed by atoms with van der Waals surface area (Å²) < 4.78 is 0. The summed E-state index contributed by atoms with van der Waals surface area (Å²) in [7, 11) is 0. The molecule has 0 aliphatic rings. The lowest BCUT2D eigenvalue weighted by Crippen LogP contribution is -2.10. The Kier molecular flexibility index (Phi) is 1.42. The quantitative estimate of drug-likeness (QED) is 0.552. The Morgan fingerprint density at radius 1 is 1.54 bits per heavy atom. The van der Waals surface area contributed by atoms with Crippen LogP contribution < -0.4 is 11.5 Å². The first-order valence-electron chi connectivity index (χ1n) is 3.58. The van der Waals surface area contributed by atoms with Gasteiger partial charge in [-0.15, -0.1) is 0 Å². The van der Waals surface area contributed by atoms with Crippen LogP contribution in [0.3, 0.4) is 0 Å². The molecule has 6 nitrogen and oxygen atoms in total. The highest BCUT2D eigenvalue weighted by molar-refractivity contribution is 5.96. The van der Waals surface area contributed by atoms with Crippen LogP contribution in [0.2, 0.25) is 0 Å². The Balaban J connectivity index is 2.68. The summed E-state index contributed by atoms with van der Waals surface area (Å²) in [5.74, 6) is -0.373. The monoisotopic (exact) mass is 177 g/mol. The third-order valence-corrected chi connectivity index (χ3v) is 1.65. The van der Waals surface area contributed by atoms with E-state index in [2.05, 4.69) is 15.0 Å². The zero-order valence-electron chi connectivity index (χ0n) is 6.61. The molecule has 5 N–H and O–H groups in total. The number of rotatable bonds is 1. The van der Waals surface area contributed by atoms with Crippen molar-refractivity contribution in [3.8, 4) is 0 Å². The van der Waals surface area contributed by atoms with Gasteiger partial charge in [-0.25, -0.2) is 4.98 Å². The second-order valence-corrected chi connectivity index (χ2v) is 2.58. The average molecular weight is 177 g/mol. The van der Waals surface area contributed by atoms with E-state index in [0.29, 0.717) is 16.7 Å². The number of hydrogen-bond acceptors (Lipinski definition) is 4. The summed E-state index contributed by atoms with van der Waals surface area (Å²) in [5, 5.41) is 0.711. The van der Waals surface area contributed by atoms with Crippen molar-refractivity contribution in [2.24, 2.45) is 5.73 Å². The molecule has 2 aromatic rings. The number of primary amides is 1. The van der Waals surface area contributed by atoms with E-state index in [0.717, 1.165) is 0 Å². The van der Waals surface area contributed by atoms with E-state index in [1.54, 1.807) is 6.07 Å². The van der Waals surface area contributed by atoms with E-state index >= 15 is 0 Å². The molecule has 2 heterocycles. The topological polar surface area (TPSA) is 111 Å². The van der Waals surface area contributed by atoms with Crippen LogP contribution in [0, 0.1) is 0 Å². The molecule has 0 bridgehead atoms. The Labute approximate surface area is 73.0 Å². The summed E-state index contributed by atoms with van der Waals surface area (Å²) in [5.41, 5.74) is 11.2. The van der Waals surface area contributed by atoms with Gasteiger partial charge in [-0.05, 0) is 6.07 Å². The molecule has 13 heavy (non-hydrogen) atoms. The van der Waals surface area contributed by atoms with Gasteiger partial charge in [0.15, 0.2) is 0 Å². The molecule has 0 radical (unpaired) electrons. The number of aromatic nitrogens is 3. The predicted molar refractivity (Wildman–Crippen MR) is 46.8 cm³/mol. The van der Waals surface area contributed by atoms with Crippen LogP contribution in [0.15, 0.2) is 12.3 Å². The summed E-state index contributed by atoms with van der Waals surface area (Å²) in [4.78, 5) is 21.2. The molecule has 0 spiro atoms. The fraction of sp³-hybridized carbons (Fsp3) is 0. The summed E-state index contributed by atoms with van der Waals surface area (Å²) in [6.07, 6.45) is 1.53. The molecule has 0 saturated carbocycles. The Morgan fingerprint density at radius 2 is 2.31 bits per heavy atom. The first-order valence-corrected chi connectivity index (χ1v) is 3.58. The van der Waals surface area contributed by atoms with Crippen molar-refractivity contribution in [1.29, 1.82) is 0 Å². The number of nitrogens with two attached hydrogens (primary N) is 2. The fourth-order valence-electron chi connectivity index (χ4n) is 1.06. The van der Waals surface area contributed by atoms with Crippen LogP contribution in [-0.2, 0) is 0 Å². The van der Waals surface area contributed by atoms with Gasteiger partial charge in [0, 0.05) is 11.6 Å². The van der Waals surface area contributed by atoms with E-state index in [-0.39, 0.29) is 5.95 Å². The van der Waals surface area contributed by atoms with Crippen LogP contribution in [0.5, 0.6) is 0 Å². The number of aromatic amines is 1. The summed E-state index contributed by atoms with van der Waals surface area (Å²) in [6.45, 7) is 0. The minimum absolute atomic E-state index is 0.158. The second-order valence-electron chi connectivity index (χ2n) is 2.58. The molecule has 2 aromatic heterocycles. The van der Waals surface area contributed by atoms with Crippen LogP contribution in [-0.4, -0.2) is 20.9 Å². The number of nitrogen functional groups attached to an aromatic ring is 1. The normalized spacial score (nSPS) is 10.5. The SMILES string of the molecule is NC(=O)c1cc2cnc(N)nc2[nH]1. The summed E-state index contributed by atoms with van der Waals surface area (Å²) >= 11 is 0. The Hall–Kier alpha value is -2.11. The molecule has 1 amide bonds. The van der Waals surface area contributed by atoms with Gasteiger partial charge in [0.2, 0.25) is 5.95 Å². The third kappa shape index (κ3) is 1.18. The number of H-pyrrole nitrogens is 1. The number of amides is 1. The zero-order valence-corrected chi connectivity index (χ0v) is 6.61. The first-order chi connectivity index (χ1) is 6.16. The average Bonchev–Trinajstić information content (AvgIpc) is 2.46. The van der Waals surface area contributed by atoms with Crippen molar-refractivity contribution >= 4 is 22.9 Å². The number of fused-ring (bicyclic) bond motifs is 1. The minimum Gasteiger partial charge on any atom is -0.368 e. The van der Waals surface area contributed by atoms with E-state index in [1.165, 1.54) is 6.20 Å². The van der Waals surface area contributed by atoms with Gasteiger partial charge in [0.05, 0.1) is 0 Å². The second kappa shape index (κ2) is 2.44. The fourth-order valence-corrected chi connectivity index (χ4v) is 1.06. The van der Waals surface area contributed by atoms with Crippen LogP contribution in [0.4, 0.5) is 5.95 Å². The van der Waals surface area contributed by atoms with Gasteiger partial charge < -0.3 is 16.5 Å². The van der Waals surface area contributed by atoms with Crippen LogP contribution >= 0.6 is 0 Å². The standard InChI is InChI=1S/C7H7N5O/c8-5(13)4-1-3-2-10-7(9)12-6(3)11-4/h1-2H,(H2,8,13)(H3,9,10,11,12). The van der Waals surface area contributed by atoms with Crippen molar-refractivity contribution in [2.75, 3.05) is 5.73 Å². The molecular weight excluding hydrogens is 170 g/mol. The zero-order chi connectivity index (χ0) is 9.42. The Bertz CT molecular complexity index is 475. The lowest BCUT2D eigenvalue weighted by molar-refractivity contribution is 0.0996. The maximum absolute atomic E-state index is 10.8. The molecule has 2 rings (SSSR count). The van der Waals surface area contributed by atoms with Gasteiger partial charge in [-0.2, -0.15) is 4.98 Å². The van der Waals surface area contributed by atoms with E-state index in [9.17, 15) is 4.79 Å². The number of anilines is 1. The van der Waals surface area contributed by atoms with Crippen LogP contribution in [0.1, 0.15) is 10.5 Å². The van der Waals surface area contributed by atoms with Crippen molar-refractivity contribution in [2.45, 2.75) is 0 Å². The van der Waals surface area contributed by atoms with Crippen molar-refractivity contribution in [3.63, 3.8) is 0 Å². The molecule has 0 aliphatic heterocycles. The lowest BCUT2D eigenvalue weighted by atomic mass is 10.3. The number of nitrogens with one attached hydrogen (secondary N) is 1. The van der Waals surface area contributed by atoms with Gasteiger partial charge in [0.25, 0.3) is 5.91 Å². The van der Waals surface area contributed by atoms with E-state index in [4.69, 9.17) is 11.5 Å². The molecule has 0 fully saturated rings. The molecule has 0 saturated heterocycles. The number of hydrogen-bond donors (Lipinski definition) is 3. The molecule has 6 heteroatoms. The van der Waals surface area contributed by atoms with E-state index < -0.39 is 5.91 Å². The first kappa shape index (κ1) is 7.53. The summed E-state index contributed by atoms with van der Waals surface area (Å²) in [6, 6.07) is 1.58. The number of carbonyl (C=O) groups excluding carboxylic acids is 1. The molecular formula is C7H7N5O. The van der Waals surface area contributed by atoms with Crippen molar-refractivity contribution in [3.05, 3.63) is 18.0 Å². The highest BCUT2D eigenvalue weighted by Gasteiger charge is 2.06. The molecule has 0 aromatic carbocycles. The minimum atomic E-state index is -0.531. The molecule has 0 unspecified atom stereocenters. The van der Waals surface area contributed by atoms with Gasteiger partial charge >= 0.3 is 0 Å². The van der Waals surface area contributed by atoms with Gasteiger partial charge in [-0.1, -0.05) is 0 Å². The predicted octanol–water partition coefficient (Wildman–Crippen LogP) is -0.361. The largest absolute Gasteiger partial charge is 0.368 e. The lowest BCUT2D eigenvalue weighted by Gasteiger charge is -1.89. The van der Waals surface area contributed by atoms with Gasteiger partial charge in [0.1, 0.15) is 11.3 Å². The molecule has 0 aliphatic carbocycles. The number of carbonyl (C=O) groups is 1. The highest BCUT2D eigenvalue weighted by Crippen LogP contribution is 2.12. The molecule has 66 valence electrons. The van der Waals surface area contributed by atoms with Crippen LogP contribution in [0.25, 0.3) is 11.0 Å². The third-order valence-electron chi connectivity index (χ3n) is 1.65. The Morgan fingerprint density at radius 3 is 3.00 bits per heavy atom. The maximum Gasteiger partial charge on any atom is 0.265 e. The van der Waals surface area contributed by atoms with Gasteiger partial charge in [-0.3, -0.25) is 4.79 Å². The smallest absolute Gasteiger partial charge is 0.265 e. The van der Waals surface area contributed by atoms with E-state index in [1.807, 2.05) is 0 Å². The maximum atomic E-state index is 10.8. The van der Waals surface area contributed by atoms with Crippen molar-refractivity contribution in [1.82, 2.24) is 15.0 Å². The van der Waals surface area contributed by atoms with Crippen molar-refractivity contribution < 1.29 is 4.79 Å². The molecule has 0 atom stereocenters. The number of nitrogens with zero attached hydrogens (tertiary/aromatic N) is 2.